The second-order valence-corrected chi connectivity index (χ2v) is 11.0. The molecule has 0 fully saturated rings. The van der Waals surface area contributed by atoms with Crippen LogP contribution < -0.4 is 5.32 Å². The molecule has 33 heavy (non-hydrogen) atoms. The van der Waals surface area contributed by atoms with Crippen molar-refractivity contribution in [2.24, 2.45) is 0 Å². The molecule has 4 aromatic rings. The van der Waals surface area contributed by atoms with E-state index in [1.165, 1.54) is 24.5 Å². The number of hydrogen-bond acceptors (Lipinski definition) is 7. The van der Waals surface area contributed by atoms with Crippen LogP contribution >= 0.6 is 11.3 Å². The van der Waals surface area contributed by atoms with Gasteiger partial charge in [0.25, 0.3) is 0 Å². The fourth-order valence-electron chi connectivity index (χ4n) is 3.95. The van der Waals surface area contributed by atoms with Gasteiger partial charge in [0.05, 0.1) is 32.5 Å². The van der Waals surface area contributed by atoms with E-state index in [1.807, 2.05) is 25.1 Å². The van der Waals surface area contributed by atoms with Gasteiger partial charge in [-0.2, -0.15) is 5.10 Å². The molecule has 1 amide bonds. The Morgan fingerprint density at radius 1 is 1.18 bits per heavy atom. The molecule has 8 nitrogen and oxygen atoms in total. The molecule has 0 spiro atoms. The SMILES string of the molecule is CC(=O)Nc1nc2c(s1)-c1c(c(-c3ccc(C)nc3)nn1-c1cccc(S(C)(=O)=O)c1)CC2. The average Bonchev–Trinajstić information content (AvgIpc) is 3.34. The number of rotatable bonds is 4. The number of pyridine rings is 1. The summed E-state index contributed by atoms with van der Waals surface area (Å²) in [6, 6.07) is 10.7. The number of anilines is 1. The summed E-state index contributed by atoms with van der Waals surface area (Å²) >= 11 is 1.40. The van der Waals surface area contributed by atoms with E-state index in [-0.39, 0.29) is 10.8 Å². The first-order valence-electron chi connectivity index (χ1n) is 10.3. The van der Waals surface area contributed by atoms with E-state index in [1.54, 1.807) is 29.1 Å². The van der Waals surface area contributed by atoms with E-state index in [0.717, 1.165) is 51.6 Å². The average molecular weight is 480 g/mol. The number of aryl methyl sites for hydroxylation is 2. The zero-order valence-electron chi connectivity index (χ0n) is 18.3. The van der Waals surface area contributed by atoms with Gasteiger partial charge < -0.3 is 5.32 Å². The highest BCUT2D eigenvalue weighted by Crippen LogP contribution is 2.44. The Hall–Kier alpha value is -3.37. The van der Waals surface area contributed by atoms with Crippen LogP contribution in [0, 0.1) is 6.92 Å². The Bertz CT molecular complexity index is 1500. The number of aromatic nitrogens is 4. The minimum atomic E-state index is -3.38. The van der Waals surface area contributed by atoms with Crippen molar-refractivity contribution in [3.8, 4) is 27.5 Å². The van der Waals surface area contributed by atoms with Gasteiger partial charge in [0.2, 0.25) is 5.91 Å². The molecule has 1 aliphatic rings. The predicted molar refractivity (Wildman–Crippen MR) is 127 cm³/mol. The Morgan fingerprint density at radius 2 is 2.00 bits per heavy atom. The molecule has 0 saturated heterocycles. The maximum Gasteiger partial charge on any atom is 0.223 e. The fourth-order valence-corrected chi connectivity index (χ4v) is 5.72. The van der Waals surface area contributed by atoms with Gasteiger partial charge in [0, 0.05) is 36.2 Å². The number of benzene rings is 1. The van der Waals surface area contributed by atoms with E-state index < -0.39 is 9.84 Å². The molecule has 0 radical (unpaired) electrons. The molecule has 3 heterocycles. The Morgan fingerprint density at radius 3 is 2.70 bits per heavy atom. The first-order chi connectivity index (χ1) is 15.7. The van der Waals surface area contributed by atoms with Crippen molar-refractivity contribution in [2.75, 3.05) is 11.6 Å². The van der Waals surface area contributed by atoms with Crippen molar-refractivity contribution < 1.29 is 13.2 Å². The molecule has 10 heteroatoms. The summed E-state index contributed by atoms with van der Waals surface area (Å²) in [4.78, 5) is 21.8. The van der Waals surface area contributed by atoms with E-state index >= 15 is 0 Å². The molecule has 0 saturated carbocycles. The number of hydrogen-bond donors (Lipinski definition) is 1. The largest absolute Gasteiger partial charge is 0.302 e. The summed E-state index contributed by atoms with van der Waals surface area (Å²) < 4.78 is 26.1. The van der Waals surface area contributed by atoms with Crippen LogP contribution in [0.1, 0.15) is 23.9 Å². The molecule has 0 aliphatic heterocycles. The maximum absolute atomic E-state index is 12.2. The molecule has 1 N–H and O–H groups in total. The summed E-state index contributed by atoms with van der Waals surface area (Å²) in [7, 11) is -3.38. The number of sulfone groups is 1. The van der Waals surface area contributed by atoms with Crippen LogP contribution in [-0.4, -0.2) is 40.3 Å². The maximum atomic E-state index is 12.2. The zero-order valence-corrected chi connectivity index (χ0v) is 19.9. The summed E-state index contributed by atoms with van der Waals surface area (Å²) in [5.41, 5.74) is 6.07. The third kappa shape index (κ3) is 3.96. The van der Waals surface area contributed by atoms with Gasteiger partial charge in [-0.15, -0.1) is 0 Å². The lowest BCUT2D eigenvalue weighted by Crippen LogP contribution is -2.07. The smallest absolute Gasteiger partial charge is 0.223 e. The first kappa shape index (κ1) is 21.5. The lowest BCUT2D eigenvalue weighted by Gasteiger charge is -2.14. The van der Waals surface area contributed by atoms with Crippen molar-refractivity contribution in [2.45, 2.75) is 31.6 Å². The first-order valence-corrected chi connectivity index (χ1v) is 13.0. The van der Waals surface area contributed by atoms with Crippen LogP contribution in [0.4, 0.5) is 5.13 Å². The third-order valence-corrected chi connectivity index (χ3v) is 7.60. The van der Waals surface area contributed by atoms with Crippen molar-refractivity contribution in [1.29, 1.82) is 0 Å². The highest BCUT2D eigenvalue weighted by molar-refractivity contribution is 7.90. The van der Waals surface area contributed by atoms with Crippen LogP contribution in [0.3, 0.4) is 0 Å². The minimum absolute atomic E-state index is 0.179. The highest BCUT2D eigenvalue weighted by atomic mass is 32.2. The van der Waals surface area contributed by atoms with Gasteiger partial charge in [-0.25, -0.2) is 18.1 Å². The van der Waals surface area contributed by atoms with Crippen LogP contribution in [0.5, 0.6) is 0 Å². The van der Waals surface area contributed by atoms with Crippen molar-refractivity contribution in [1.82, 2.24) is 19.7 Å². The lowest BCUT2D eigenvalue weighted by atomic mass is 9.95. The molecular weight excluding hydrogens is 458 g/mol. The minimum Gasteiger partial charge on any atom is -0.302 e. The van der Waals surface area contributed by atoms with Gasteiger partial charge in [-0.05, 0) is 50.1 Å². The number of fused-ring (bicyclic) bond motifs is 3. The van der Waals surface area contributed by atoms with E-state index in [0.29, 0.717) is 10.8 Å². The van der Waals surface area contributed by atoms with Crippen molar-refractivity contribution in [3.63, 3.8) is 0 Å². The van der Waals surface area contributed by atoms with Gasteiger partial charge in [0.1, 0.15) is 0 Å². The third-order valence-electron chi connectivity index (χ3n) is 5.47. The van der Waals surface area contributed by atoms with Gasteiger partial charge in [0.15, 0.2) is 15.0 Å². The van der Waals surface area contributed by atoms with Crippen LogP contribution in [0.15, 0.2) is 47.5 Å². The number of carbonyl (C=O) groups excluding carboxylic acids is 1. The van der Waals surface area contributed by atoms with Gasteiger partial charge in [-0.3, -0.25) is 9.78 Å². The summed E-state index contributed by atoms with van der Waals surface area (Å²) in [6.07, 6.45) is 4.44. The quantitative estimate of drug-likeness (QED) is 0.477. The molecule has 0 atom stereocenters. The normalized spacial score (nSPS) is 12.8. The molecule has 0 bridgehead atoms. The van der Waals surface area contributed by atoms with Crippen LogP contribution in [0.2, 0.25) is 0 Å². The molecule has 5 rings (SSSR count). The summed E-state index contributed by atoms with van der Waals surface area (Å²) in [5.74, 6) is -0.179. The summed E-state index contributed by atoms with van der Waals surface area (Å²) in [5, 5.41) is 8.24. The van der Waals surface area contributed by atoms with Crippen LogP contribution in [-0.2, 0) is 27.5 Å². The second-order valence-electron chi connectivity index (χ2n) is 8.02. The lowest BCUT2D eigenvalue weighted by molar-refractivity contribution is -0.114. The van der Waals surface area contributed by atoms with Gasteiger partial charge in [-0.1, -0.05) is 17.4 Å². The molecule has 168 valence electrons. The standard InChI is InChI=1S/C23H21N5O3S2/c1-13-7-8-15(12-24-13)20-18-9-10-19-22(32-23(26-19)25-14(2)29)21(18)28(27-20)16-5-4-6-17(11-16)33(3,30)31/h4-8,11-12H,9-10H2,1-3H3,(H,25,26,29). The number of nitrogens with zero attached hydrogens (tertiary/aromatic N) is 4. The second kappa shape index (κ2) is 7.89. The Balaban J connectivity index is 1.76. The van der Waals surface area contributed by atoms with Crippen molar-refractivity contribution >= 4 is 32.2 Å². The number of carbonyl (C=O) groups is 1. The Labute approximate surface area is 195 Å². The monoisotopic (exact) mass is 479 g/mol. The fraction of sp³-hybridized carbons (Fsp3) is 0.217. The number of thiazole rings is 1. The molecule has 0 unspecified atom stereocenters. The number of nitrogens with one attached hydrogen (secondary N) is 1. The molecular formula is C23H21N5O3S2. The van der Waals surface area contributed by atoms with Crippen LogP contribution in [0.25, 0.3) is 27.5 Å². The summed E-state index contributed by atoms with van der Waals surface area (Å²) in [6.45, 7) is 3.39. The van der Waals surface area contributed by atoms with Crippen molar-refractivity contribution in [3.05, 3.63) is 59.5 Å². The topological polar surface area (TPSA) is 107 Å². The Kier molecular flexibility index (Phi) is 5.13. The van der Waals surface area contributed by atoms with E-state index in [4.69, 9.17) is 5.10 Å². The highest BCUT2D eigenvalue weighted by Gasteiger charge is 2.30. The molecule has 3 aromatic heterocycles. The predicted octanol–water partition coefficient (Wildman–Crippen LogP) is 3.83. The molecule has 1 aromatic carbocycles. The van der Waals surface area contributed by atoms with Gasteiger partial charge >= 0.3 is 0 Å². The zero-order chi connectivity index (χ0) is 23.3. The molecule has 1 aliphatic carbocycles. The van der Waals surface area contributed by atoms with E-state index in [9.17, 15) is 13.2 Å². The van der Waals surface area contributed by atoms with E-state index in [2.05, 4.69) is 15.3 Å². The number of amides is 1.